The molecule has 1 aromatic rings. The zero-order valence-electron chi connectivity index (χ0n) is 17.5. The van der Waals surface area contributed by atoms with Gasteiger partial charge in [0.25, 0.3) is 0 Å². The molecule has 0 bridgehead atoms. The summed E-state index contributed by atoms with van der Waals surface area (Å²) in [6, 6.07) is 4.75. The van der Waals surface area contributed by atoms with E-state index in [1.54, 1.807) is 38.2 Å². The minimum atomic E-state index is -0.632. The standard InChI is InChI=1S/C21H26N2O5S/c1-11(2)10-28-20(25)17-12(3)22-21-23(19(24)13(4)29-21)18(17)14-7-8-15(26-5)16(9-14)27-6/h7-9,11,13,18H,10H2,1-6H3/t13-,18-/m1/s1. The molecule has 0 unspecified atom stereocenters. The molecule has 0 spiro atoms. The number of ether oxygens (including phenoxy) is 3. The molecule has 7 nitrogen and oxygen atoms in total. The van der Waals surface area contributed by atoms with Crippen LogP contribution in [0.25, 0.3) is 0 Å². The summed E-state index contributed by atoms with van der Waals surface area (Å²) in [5, 5.41) is 0.329. The molecular formula is C21H26N2O5S. The quantitative estimate of drug-likeness (QED) is 0.658. The molecule has 1 saturated heterocycles. The number of amidine groups is 1. The molecular weight excluding hydrogens is 392 g/mol. The van der Waals surface area contributed by atoms with E-state index in [1.165, 1.54) is 11.8 Å². The van der Waals surface area contributed by atoms with Crippen molar-refractivity contribution >= 4 is 28.8 Å². The van der Waals surface area contributed by atoms with Gasteiger partial charge in [-0.25, -0.2) is 9.79 Å². The molecule has 0 radical (unpaired) electrons. The van der Waals surface area contributed by atoms with Gasteiger partial charge in [0, 0.05) is 0 Å². The van der Waals surface area contributed by atoms with Crippen molar-refractivity contribution in [3.63, 3.8) is 0 Å². The van der Waals surface area contributed by atoms with Crippen LogP contribution in [-0.2, 0) is 14.3 Å². The molecule has 2 aliphatic rings. The maximum atomic E-state index is 13.0. The average Bonchev–Trinajstić information content (AvgIpc) is 2.97. The maximum absolute atomic E-state index is 13.0. The van der Waals surface area contributed by atoms with Crippen molar-refractivity contribution in [3.8, 4) is 11.5 Å². The second-order valence-electron chi connectivity index (χ2n) is 7.37. The normalized spacial score (nSPS) is 21.3. The SMILES string of the molecule is COc1ccc([C@@H]2C(C(=O)OCC(C)C)=C(C)N=C3S[C@H](C)C(=O)N32)cc1OC. The summed E-state index contributed by atoms with van der Waals surface area (Å²) in [6.45, 7) is 7.85. The van der Waals surface area contributed by atoms with E-state index < -0.39 is 12.0 Å². The molecule has 1 fully saturated rings. The number of carbonyl (C=O) groups is 2. The van der Waals surface area contributed by atoms with Crippen LogP contribution in [0.15, 0.2) is 34.5 Å². The number of rotatable bonds is 6. The van der Waals surface area contributed by atoms with Crippen LogP contribution in [0, 0.1) is 5.92 Å². The Morgan fingerprint density at radius 3 is 2.55 bits per heavy atom. The summed E-state index contributed by atoms with van der Waals surface area (Å²) < 4.78 is 16.3. The lowest BCUT2D eigenvalue weighted by molar-refractivity contribution is -0.141. The van der Waals surface area contributed by atoms with Gasteiger partial charge in [0.05, 0.1) is 43.4 Å². The predicted molar refractivity (Wildman–Crippen MR) is 112 cm³/mol. The number of aliphatic imine (C=N–C) groups is 1. The fourth-order valence-corrected chi connectivity index (χ4v) is 4.35. The van der Waals surface area contributed by atoms with E-state index in [0.29, 0.717) is 34.5 Å². The monoisotopic (exact) mass is 418 g/mol. The van der Waals surface area contributed by atoms with Crippen LogP contribution in [0.1, 0.15) is 39.3 Å². The molecule has 0 saturated carbocycles. The third-order valence-corrected chi connectivity index (χ3v) is 5.80. The predicted octanol–water partition coefficient (Wildman–Crippen LogP) is 3.55. The van der Waals surface area contributed by atoms with Gasteiger partial charge in [-0.3, -0.25) is 9.69 Å². The second-order valence-corrected chi connectivity index (χ2v) is 8.68. The zero-order valence-corrected chi connectivity index (χ0v) is 18.3. The van der Waals surface area contributed by atoms with Crippen molar-refractivity contribution in [2.75, 3.05) is 20.8 Å². The summed E-state index contributed by atoms with van der Waals surface area (Å²) in [4.78, 5) is 32.1. The van der Waals surface area contributed by atoms with Gasteiger partial charge < -0.3 is 14.2 Å². The third kappa shape index (κ3) is 3.99. The molecule has 1 amide bonds. The molecule has 29 heavy (non-hydrogen) atoms. The van der Waals surface area contributed by atoms with Crippen molar-refractivity contribution < 1.29 is 23.8 Å². The Labute approximate surface area is 175 Å². The number of carbonyl (C=O) groups excluding carboxylic acids is 2. The van der Waals surface area contributed by atoms with E-state index in [4.69, 9.17) is 14.2 Å². The van der Waals surface area contributed by atoms with Crippen LogP contribution in [0.3, 0.4) is 0 Å². The highest BCUT2D eigenvalue weighted by molar-refractivity contribution is 8.15. The molecule has 156 valence electrons. The number of allylic oxidation sites excluding steroid dienone is 1. The first-order valence-electron chi connectivity index (χ1n) is 9.46. The van der Waals surface area contributed by atoms with Gasteiger partial charge in [0.1, 0.15) is 0 Å². The zero-order chi connectivity index (χ0) is 21.3. The highest BCUT2D eigenvalue weighted by Crippen LogP contribution is 2.44. The number of nitrogens with zero attached hydrogens (tertiary/aromatic N) is 2. The van der Waals surface area contributed by atoms with E-state index in [9.17, 15) is 9.59 Å². The van der Waals surface area contributed by atoms with Crippen molar-refractivity contribution in [3.05, 3.63) is 35.0 Å². The number of thioether (sulfide) groups is 1. The Kier molecular flexibility index (Phi) is 6.21. The summed E-state index contributed by atoms with van der Waals surface area (Å²) in [5.74, 6) is 0.743. The smallest absolute Gasteiger partial charge is 0.338 e. The number of fused-ring (bicyclic) bond motifs is 1. The lowest BCUT2D eigenvalue weighted by Crippen LogP contribution is -2.40. The van der Waals surface area contributed by atoms with Crippen LogP contribution < -0.4 is 9.47 Å². The summed E-state index contributed by atoms with van der Waals surface area (Å²) >= 11 is 1.39. The molecule has 0 N–H and O–H groups in total. The molecule has 2 heterocycles. The molecule has 3 rings (SSSR count). The lowest BCUT2D eigenvalue weighted by Gasteiger charge is -2.33. The van der Waals surface area contributed by atoms with Crippen molar-refractivity contribution in [2.24, 2.45) is 10.9 Å². The second kappa shape index (κ2) is 8.49. The van der Waals surface area contributed by atoms with Gasteiger partial charge in [-0.05, 0) is 37.5 Å². The number of hydrogen-bond acceptors (Lipinski definition) is 7. The van der Waals surface area contributed by atoms with Gasteiger partial charge in [-0.1, -0.05) is 31.7 Å². The fourth-order valence-electron chi connectivity index (χ4n) is 3.32. The first-order chi connectivity index (χ1) is 13.8. The molecule has 2 aliphatic heterocycles. The molecule has 2 atom stereocenters. The van der Waals surface area contributed by atoms with Gasteiger partial charge in [0.2, 0.25) is 5.91 Å². The number of amides is 1. The Morgan fingerprint density at radius 1 is 1.24 bits per heavy atom. The van der Waals surface area contributed by atoms with Crippen molar-refractivity contribution in [2.45, 2.75) is 39.0 Å². The Hall–Kier alpha value is -2.48. The van der Waals surface area contributed by atoms with Crippen LogP contribution in [0.2, 0.25) is 0 Å². The lowest BCUT2D eigenvalue weighted by atomic mass is 9.94. The summed E-state index contributed by atoms with van der Waals surface area (Å²) in [6.07, 6.45) is 0. The first kappa shape index (κ1) is 21.2. The molecule has 1 aromatic carbocycles. The Bertz CT molecular complexity index is 893. The van der Waals surface area contributed by atoms with Crippen molar-refractivity contribution in [1.29, 1.82) is 0 Å². The van der Waals surface area contributed by atoms with Crippen LogP contribution in [-0.4, -0.2) is 48.0 Å². The molecule has 0 aromatic heterocycles. The first-order valence-corrected chi connectivity index (χ1v) is 10.3. The van der Waals surface area contributed by atoms with Crippen LogP contribution in [0.4, 0.5) is 0 Å². The topological polar surface area (TPSA) is 77.4 Å². The van der Waals surface area contributed by atoms with E-state index in [0.717, 1.165) is 5.56 Å². The highest BCUT2D eigenvalue weighted by atomic mass is 32.2. The molecule has 8 heteroatoms. The number of benzene rings is 1. The van der Waals surface area contributed by atoms with E-state index in [2.05, 4.69) is 4.99 Å². The average molecular weight is 419 g/mol. The van der Waals surface area contributed by atoms with Crippen molar-refractivity contribution in [1.82, 2.24) is 4.90 Å². The third-order valence-electron chi connectivity index (χ3n) is 4.75. The Morgan fingerprint density at radius 2 is 1.93 bits per heavy atom. The minimum absolute atomic E-state index is 0.0878. The fraction of sp³-hybridized carbons (Fsp3) is 0.476. The van der Waals surface area contributed by atoms with Crippen LogP contribution >= 0.6 is 11.8 Å². The highest BCUT2D eigenvalue weighted by Gasteiger charge is 2.46. The van der Waals surface area contributed by atoms with Gasteiger partial charge in [-0.2, -0.15) is 0 Å². The number of hydrogen-bond donors (Lipinski definition) is 0. The number of esters is 1. The minimum Gasteiger partial charge on any atom is -0.493 e. The van der Waals surface area contributed by atoms with Gasteiger partial charge in [0.15, 0.2) is 16.7 Å². The van der Waals surface area contributed by atoms with Gasteiger partial charge in [-0.15, -0.1) is 0 Å². The van der Waals surface area contributed by atoms with E-state index in [1.807, 2.05) is 26.8 Å². The van der Waals surface area contributed by atoms with E-state index >= 15 is 0 Å². The molecule has 0 aliphatic carbocycles. The summed E-state index contributed by atoms with van der Waals surface area (Å²) in [5.41, 5.74) is 1.65. The largest absolute Gasteiger partial charge is 0.493 e. The Balaban J connectivity index is 2.11. The van der Waals surface area contributed by atoms with Gasteiger partial charge >= 0.3 is 5.97 Å². The number of methoxy groups -OCH3 is 2. The maximum Gasteiger partial charge on any atom is 0.338 e. The summed E-state index contributed by atoms with van der Waals surface area (Å²) in [7, 11) is 3.11. The van der Waals surface area contributed by atoms with Crippen LogP contribution in [0.5, 0.6) is 11.5 Å². The van der Waals surface area contributed by atoms with E-state index in [-0.39, 0.29) is 17.1 Å².